The van der Waals surface area contributed by atoms with Gasteiger partial charge in [0.05, 0.1) is 0 Å². The molecule has 1 aliphatic rings. The van der Waals surface area contributed by atoms with Gasteiger partial charge in [0.2, 0.25) is 0 Å². The van der Waals surface area contributed by atoms with E-state index >= 15 is 0 Å². The van der Waals surface area contributed by atoms with Crippen LogP contribution >= 0.6 is 0 Å². The van der Waals surface area contributed by atoms with Crippen molar-refractivity contribution in [3.05, 3.63) is 121 Å². The van der Waals surface area contributed by atoms with E-state index in [0.717, 1.165) is 29.0 Å². The first-order valence-corrected chi connectivity index (χ1v) is 8.36. The highest BCUT2D eigenvalue weighted by Gasteiger charge is 2.03. The molecule has 0 unspecified atom stereocenters. The first-order valence-electron chi connectivity index (χ1n) is 8.36. The summed E-state index contributed by atoms with van der Waals surface area (Å²) in [6.07, 6.45) is 20.9. The Morgan fingerprint density at radius 2 is 2.00 bits per heavy atom. The largest absolute Gasteiger partial charge is 0.356 e. The van der Waals surface area contributed by atoms with Gasteiger partial charge >= 0.3 is 0 Å². The van der Waals surface area contributed by atoms with E-state index in [9.17, 15) is 0 Å². The van der Waals surface area contributed by atoms with Crippen molar-refractivity contribution in [3.63, 3.8) is 0 Å². The molecular weight excluding hydrogens is 302 g/mol. The van der Waals surface area contributed by atoms with Gasteiger partial charge in [0.25, 0.3) is 0 Å². The van der Waals surface area contributed by atoms with Crippen molar-refractivity contribution < 1.29 is 0 Å². The monoisotopic (exact) mass is 327 g/mol. The fraction of sp³-hybridized carbons (Fsp3) is 0.0833. The van der Waals surface area contributed by atoms with Crippen molar-refractivity contribution in [2.75, 3.05) is 5.32 Å². The third-order valence-corrected chi connectivity index (χ3v) is 3.97. The Bertz CT molecular complexity index is 810. The van der Waals surface area contributed by atoms with Gasteiger partial charge in [0.1, 0.15) is 0 Å². The van der Waals surface area contributed by atoms with Crippen molar-refractivity contribution in [2.24, 2.45) is 0 Å². The van der Waals surface area contributed by atoms with Crippen molar-refractivity contribution in [3.8, 4) is 0 Å². The number of benzene rings is 1. The second-order valence-corrected chi connectivity index (χ2v) is 5.83. The average molecular weight is 327 g/mol. The van der Waals surface area contributed by atoms with Gasteiger partial charge in [-0.1, -0.05) is 74.4 Å². The van der Waals surface area contributed by atoms with Crippen LogP contribution in [0.2, 0.25) is 0 Å². The lowest BCUT2D eigenvalue weighted by Gasteiger charge is -2.10. The smallest absolute Gasteiger partial charge is 0.0387 e. The summed E-state index contributed by atoms with van der Waals surface area (Å²) in [6, 6.07) is 6.42. The summed E-state index contributed by atoms with van der Waals surface area (Å²) in [4.78, 5) is 0. The minimum Gasteiger partial charge on any atom is -0.356 e. The minimum absolute atomic E-state index is 0.944. The molecule has 1 N–H and O–H groups in total. The highest BCUT2D eigenvalue weighted by molar-refractivity contribution is 5.63. The van der Waals surface area contributed by atoms with Gasteiger partial charge in [-0.05, 0) is 59.9 Å². The summed E-state index contributed by atoms with van der Waals surface area (Å²) >= 11 is 0. The van der Waals surface area contributed by atoms with Crippen molar-refractivity contribution >= 4 is 11.8 Å². The maximum Gasteiger partial charge on any atom is 0.0387 e. The molecule has 0 amide bonds. The van der Waals surface area contributed by atoms with E-state index in [-0.39, 0.29) is 0 Å². The van der Waals surface area contributed by atoms with Crippen LogP contribution in [0.1, 0.15) is 18.1 Å². The Balaban J connectivity index is 2.15. The molecule has 0 fully saturated rings. The summed E-state index contributed by atoms with van der Waals surface area (Å²) in [7, 11) is 0. The van der Waals surface area contributed by atoms with Crippen LogP contribution in [0, 0.1) is 0 Å². The van der Waals surface area contributed by atoms with Gasteiger partial charge in [0.15, 0.2) is 0 Å². The lowest BCUT2D eigenvalue weighted by molar-refractivity contribution is 1.26. The van der Waals surface area contributed by atoms with Crippen molar-refractivity contribution in [1.82, 2.24) is 0 Å². The zero-order valence-corrected chi connectivity index (χ0v) is 14.8. The van der Waals surface area contributed by atoms with Crippen LogP contribution in [0.5, 0.6) is 0 Å². The molecule has 0 aliphatic heterocycles. The van der Waals surface area contributed by atoms with E-state index in [1.807, 2.05) is 37.3 Å². The Morgan fingerprint density at radius 1 is 1.16 bits per heavy atom. The second-order valence-electron chi connectivity index (χ2n) is 5.83. The maximum absolute atomic E-state index is 4.05. The van der Waals surface area contributed by atoms with Gasteiger partial charge < -0.3 is 5.32 Å². The Labute approximate surface area is 151 Å². The topological polar surface area (TPSA) is 12.0 Å². The summed E-state index contributed by atoms with van der Waals surface area (Å²) in [5.74, 6) is 0. The zero-order valence-electron chi connectivity index (χ0n) is 14.8. The maximum atomic E-state index is 4.05. The van der Waals surface area contributed by atoms with Gasteiger partial charge in [0, 0.05) is 11.4 Å². The molecule has 0 atom stereocenters. The average Bonchev–Trinajstić information content (AvgIpc) is 2.87. The summed E-state index contributed by atoms with van der Waals surface area (Å²) in [6.45, 7) is 13.7. The van der Waals surface area contributed by atoms with Crippen LogP contribution in [0.3, 0.4) is 0 Å². The molecule has 1 aromatic rings. The van der Waals surface area contributed by atoms with Gasteiger partial charge in [-0.3, -0.25) is 0 Å². The predicted octanol–water partition coefficient (Wildman–Crippen LogP) is 6.54. The summed E-state index contributed by atoms with van der Waals surface area (Å²) < 4.78 is 0. The third-order valence-electron chi connectivity index (χ3n) is 3.97. The quantitative estimate of drug-likeness (QED) is 0.561. The standard InChI is InChI=1S/C24H25N/c1-5-7-11-19(3)20(4)14-16-23(6-2)25-24-17-15-21-12-9-8-10-13-22(21)18-24/h5-12,14-18,25H,1-3,13H2,4H3/b11-7-,20-14+,23-16+. The summed E-state index contributed by atoms with van der Waals surface area (Å²) in [5.41, 5.74) is 6.64. The Morgan fingerprint density at radius 3 is 2.76 bits per heavy atom. The van der Waals surface area contributed by atoms with Crippen LogP contribution in [-0.2, 0) is 6.42 Å². The predicted molar refractivity (Wildman–Crippen MR) is 112 cm³/mol. The summed E-state index contributed by atoms with van der Waals surface area (Å²) in [5, 5.41) is 3.42. The molecule has 1 aliphatic carbocycles. The van der Waals surface area contributed by atoms with E-state index < -0.39 is 0 Å². The lowest BCUT2D eigenvalue weighted by atomic mass is 10.0. The number of rotatable bonds is 7. The van der Waals surface area contributed by atoms with Crippen LogP contribution in [0.4, 0.5) is 5.69 Å². The van der Waals surface area contributed by atoms with Gasteiger partial charge in [-0.25, -0.2) is 0 Å². The molecule has 25 heavy (non-hydrogen) atoms. The molecular formula is C24H25N. The van der Waals surface area contributed by atoms with E-state index in [1.165, 1.54) is 11.1 Å². The second kappa shape index (κ2) is 9.29. The minimum atomic E-state index is 0.944. The molecule has 0 heterocycles. The van der Waals surface area contributed by atoms with E-state index in [0.29, 0.717) is 0 Å². The molecule has 0 saturated heterocycles. The normalized spacial score (nSPS) is 14.1. The fourth-order valence-corrected chi connectivity index (χ4v) is 2.42. The number of anilines is 1. The van der Waals surface area contributed by atoms with Crippen LogP contribution in [-0.4, -0.2) is 0 Å². The SMILES string of the molecule is C=C/C=C\C(=C)/C(C)=C/C=C(\C=C)Nc1ccc2c(c1)CC=CC=C2. The first-order chi connectivity index (χ1) is 12.1. The van der Waals surface area contributed by atoms with E-state index in [1.54, 1.807) is 6.08 Å². The van der Waals surface area contributed by atoms with Gasteiger partial charge in [-0.15, -0.1) is 0 Å². The number of hydrogen-bond acceptors (Lipinski definition) is 1. The van der Waals surface area contributed by atoms with Crippen molar-refractivity contribution in [1.29, 1.82) is 0 Å². The highest BCUT2D eigenvalue weighted by atomic mass is 14.9. The first kappa shape index (κ1) is 18.3. The molecule has 1 aromatic carbocycles. The van der Waals surface area contributed by atoms with E-state index in [2.05, 4.69) is 67.6 Å². The molecule has 0 spiro atoms. The molecule has 1 nitrogen and oxygen atoms in total. The lowest BCUT2D eigenvalue weighted by Crippen LogP contribution is -1.98. The highest BCUT2D eigenvalue weighted by Crippen LogP contribution is 2.21. The van der Waals surface area contributed by atoms with Crippen LogP contribution in [0.25, 0.3) is 6.08 Å². The Hall–Kier alpha value is -3.06. The van der Waals surface area contributed by atoms with Crippen molar-refractivity contribution in [2.45, 2.75) is 13.3 Å². The molecule has 126 valence electrons. The molecule has 1 heteroatoms. The molecule has 0 aromatic heterocycles. The third kappa shape index (κ3) is 5.50. The fourth-order valence-electron chi connectivity index (χ4n) is 2.42. The number of hydrogen-bond donors (Lipinski definition) is 1. The number of nitrogens with one attached hydrogen (secondary N) is 1. The van der Waals surface area contributed by atoms with E-state index in [4.69, 9.17) is 0 Å². The number of fused-ring (bicyclic) bond motifs is 1. The molecule has 2 rings (SSSR count). The van der Waals surface area contributed by atoms with Crippen LogP contribution < -0.4 is 5.32 Å². The molecule has 0 radical (unpaired) electrons. The Kier molecular flexibility index (Phi) is 6.79. The van der Waals surface area contributed by atoms with Gasteiger partial charge in [-0.2, -0.15) is 0 Å². The number of allylic oxidation sites excluding steroid dienone is 11. The van der Waals surface area contributed by atoms with Crippen LogP contribution in [0.15, 0.2) is 109 Å². The molecule has 0 saturated carbocycles. The zero-order chi connectivity index (χ0) is 18.1. The molecule has 0 bridgehead atoms.